The van der Waals surface area contributed by atoms with Gasteiger partial charge in [0.15, 0.2) is 17.7 Å². The zero-order valence-electron chi connectivity index (χ0n) is 25.2. The minimum absolute atomic E-state index is 0. The number of amides is 2. The van der Waals surface area contributed by atoms with Gasteiger partial charge in [-0.05, 0) is 0 Å². The van der Waals surface area contributed by atoms with Crippen LogP contribution in [0.15, 0.2) is 12.7 Å². The number of hydrogen-bond donors (Lipinski definition) is 10. The number of nitrogens with zero attached hydrogens (tertiary/aromatic N) is 4. The van der Waals surface area contributed by atoms with E-state index in [-0.39, 0.29) is 43.3 Å². The van der Waals surface area contributed by atoms with E-state index in [1.165, 1.54) is 13.8 Å². The number of nitrogens with one attached hydrogen (secondary N) is 2. The van der Waals surface area contributed by atoms with Crippen LogP contribution in [0.25, 0.3) is 11.2 Å². The Morgan fingerprint density at radius 2 is 1.76 bits per heavy atom. The molecule has 0 bridgehead atoms. The van der Waals surface area contributed by atoms with Crippen molar-refractivity contribution in [3.05, 3.63) is 12.7 Å². The molecule has 49 heavy (non-hydrogen) atoms. The summed E-state index contributed by atoms with van der Waals surface area (Å²) in [5.74, 6) is -0.943. The van der Waals surface area contributed by atoms with Gasteiger partial charge in [0.2, 0.25) is 11.8 Å². The Morgan fingerprint density at radius 1 is 1.10 bits per heavy atom. The van der Waals surface area contributed by atoms with Crippen molar-refractivity contribution < 1.29 is 75.7 Å². The average Bonchev–Trinajstić information content (AvgIpc) is 3.54. The molecule has 7 unspecified atom stereocenters. The number of hydrogen-bond acceptors (Lipinski definition) is 17. The molecule has 2 aromatic heterocycles. The molecule has 2 amide bonds. The fourth-order valence-electron chi connectivity index (χ4n) is 4.14. The van der Waals surface area contributed by atoms with E-state index in [1.807, 2.05) is 0 Å². The summed E-state index contributed by atoms with van der Waals surface area (Å²) in [7, 11) is -16.3. The maximum absolute atomic E-state index is 12.6. The Bertz CT molecular complexity index is 1590. The summed E-state index contributed by atoms with van der Waals surface area (Å²) in [6, 6.07) is 0. The van der Waals surface area contributed by atoms with Crippen LogP contribution in [0.5, 0.6) is 0 Å². The number of aliphatic hydroxyl groups is 2. The van der Waals surface area contributed by atoms with E-state index >= 15 is 0 Å². The normalized spacial score (nSPS) is 22.9. The van der Waals surface area contributed by atoms with Crippen molar-refractivity contribution in [3.8, 4) is 0 Å². The van der Waals surface area contributed by atoms with Crippen LogP contribution in [0.1, 0.15) is 33.9 Å². The van der Waals surface area contributed by atoms with Gasteiger partial charge in [-0.25, -0.2) is 28.6 Å². The van der Waals surface area contributed by atoms with Gasteiger partial charge in [-0.1, -0.05) is 21.3 Å². The standard InChI is InChI=1S/C21H36N7O16P3S.CH4/c1-21(2,16(31)19(32)24-4-3-12(29)23-5-6-48)8-41-47(38,39)44-46(36,37)40-7-11-15(43-45(33,34)35)14(30)20(42-11)28-10-27-13-17(22)25-9-26-18(13)28;/h9-11,14-16,20,30-31,48H,3-8H2,1-2H3,(H,23,29)(H,24,32)(H,36,37)(H,38,39)(H2,22,25,26)(H2,33,34,35);1H4. The third-order valence-electron chi connectivity index (χ3n) is 6.51. The first-order valence-corrected chi connectivity index (χ1v) is 18.8. The second-order valence-corrected chi connectivity index (χ2v) is 15.5. The summed E-state index contributed by atoms with van der Waals surface area (Å²) in [6.45, 7) is 0.723. The number of phosphoric ester groups is 3. The highest BCUT2D eigenvalue weighted by Gasteiger charge is 2.50. The zero-order valence-corrected chi connectivity index (χ0v) is 28.8. The topological polar surface area (TPSA) is 347 Å². The quantitative estimate of drug-likeness (QED) is 0.0638. The summed E-state index contributed by atoms with van der Waals surface area (Å²) < 4.78 is 61.7. The van der Waals surface area contributed by atoms with Gasteiger partial charge in [-0.2, -0.15) is 16.9 Å². The maximum atomic E-state index is 12.6. The summed E-state index contributed by atoms with van der Waals surface area (Å²) in [6.07, 6.45) is -6.74. The Labute approximate surface area is 284 Å². The van der Waals surface area contributed by atoms with Gasteiger partial charge in [0.25, 0.3) is 0 Å². The smallest absolute Gasteiger partial charge is 0.386 e. The van der Waals surface area contributed by atoms with Gasteiger partial charge in [0.05, 0.1) is 19.5 Å². The molecule has 0 aromatic carbocycles. The number of carbonyl (C=O) groups excluding carboxylic acids is 2. The zero-order chi connectivity index (χ0) is 36.1. The highest BCUT2D eigenvalue weighted by Crippen LogP contribution is 2.61. The highest BCUT2D eigenvalue weighted by molar-refractivity contribution is 7.80. The Morgan fingerprint density at radius 3 is 2.39 bits per heavy atom. The van der Waals surface area contributed by atoms with Gasteiger partial charge in [-0.15, -0.1) is 0 Å². The molecule has 10 N–H and O–H groups in total. The SMILES string of the molecule is C.CC(C)(COP(=O)(O)OP(=O)(O)OCC1OC(n2cnc3c(N)ncnc32)C(O)C1OP(=O)(O)O)C(O)C(=O)NCCC(=O)NCCS. The molecule has 1 aliphatic heterocycles. The second kappa shape index (κ2) is 17.4. The molecule has 3 rings (SSSR count). The molecule has 280 valence electrons. The van der Waals surface area contributed by atoms with Crippen LogP contribution >= 0.6 is 36.1 Å². The van der Waals surface area contributed by atoms with Crippen LogP contribution in [0.3, 0.4) is 0 Å². The highest BCUT2D eigenvalue weighted by atomic mass is 32.1. The number of rotatable bonds is 18. The molecule has 1 aliphatic rings. The Balaban J connectivity index is 0.00000833. The molecule has 2 aromatic rings. The number of anilines is 1. The lowest BCUT2D eigenvalue weighted by molar-refractivity contribution is -0.137. The number of nitrogens with two attached hydrogens (primary N) is 1. The van der Waals surface area contributed by atoms with Crippen LogP contribution < -0.4 is 16.4 Å². The van der Waals surface area contributed by atoms with Gasteiger partial charge in [0.1, 0.15) is 36.3 Å². The summed E-state index contributed by atoms with van der Waals surface area (Å²) in [5, 5.41) is 26.1. The number of carbonyl (C=O) groups is 2. The minimum Gasteiger partial charge on any atom is -0.386 e. The van der Waals surface area contributed by atoms with Crippen molar-refractivity contribution in [2.45, 2.75) is 58.3 Å². The lowest BCUT2D eigenvalue weighted by Crippen LogP contribution is -2.46. The maximum Gasteiger partial charge on any atom is 0.481 e. The lowest BCUT2D eigenvalue weighted by Gasteiger charge is -2.30. The second-order valence-electron chi connectivity index (χ2n) is 10.8. The van der Waals surface area contributed by atoms with E-state index in [9.17, 15) is 53.1 Å². The summed E-state index contributed by atoms with van der Waals surface area (Å²) in [4.78, 5) is 74.6. The van der Waals surface area contributed by atoms with E-state index < -0.39 is 78.6 Å². The first-order valence-electron chi connectivity index (χ1n) is 13.7. The number of ether oxygens (including phenoxy) is 1. The number of fused-ring (bicyclic) bond motifs is 1. The first-order chi connectivity index (χ1) is 22.2. The third-order valence-corrected chi connectivity index (χ3v) is 9.83. The monoisotopic (exact) mass is 783 g/mol. The van der Waals surface area contributed by atoms with Crippen molar-refractivity contribution in [2.24, 2.45) is 5.41 Å². The van der Waals surface area contributed by atoms with E-state index in [0.29, 0.717) is 12.3 Å². The van der Waals surface area contributed by atoms with Crippen molar-refractivity contribution in [1.29, 1.82) is 0 Å². The largest absolute Gasteiger partial charge is 0.481 e. The van der Waals surface area contributed by atoms with Gasteiger partial charge in [-0.3, -0.25) is 27.7 Å². The average molecular weight is 784 g/mol. The molecule has 0 spiro atoms. The number of phosphoric acid groups is 3. The molecule has 0 radical (unpaired) electrons. The van der Waals surface area contributed by atoms with Crippen molar-refractivity contribution >= 4 is 64.9 Å². The summed E-state index contributed by atoms with van der Waals surface area (Å²) in [5.41, 5.74) is 4.30. The van der Waals surface area contributed by atoms with E-state index in [0.717, 1.165) is 17.2 Å². The van der Waals surface area contributed by atoms with Gasteiger partial charge < -0.3 is 50.9 Å². The Kier molecular flexibility index (Phi) is 15.3. The number of aliphatic hydroxyl groups excluding tert-OH is 2. The number of thiol groups is 1. The van der Waals surface area contributed by atoms with Crippen molar-refractivity contribution in [1.82, 2.24) is 30.2 Å². The molecular weight excluding hydrogens is 743 g/mol. The van der Waals surface area contributed by atoms with Crippen LogP contribution in [-0.2, 0) is 45.9 Å². The fraction of sp³-hybridized carbons (Fsp3) is 0.682. The van der Waals surface area contributed by atoms with E-state index in [4.69, 9.17) is 19.5 Å². The van der Waals surface area contributed by atoms with Crippen LogP contribution in [0, 0.1) is 5.41 Å². The Hall–Kier alpha value is -2.11. The molecular formula is C22H40N7O16P3S. The lowest BCUT2D eigenvalue weighted by atomic mass is 9.87. The molecule has 23 nitrogen and oxygen atoms in total. The molecule has 0 saturated carbocycles. The molecule has 1 saturated heterocycles. The molecule has 0 aliphatic carbocycles. The van der Waals surface area contributed by atoms with Crippen molar-refractivity contribution in [3.63, 3.8) is 0 Å². The van der Waals surface area contributed by atoms with Gasteiger partial charge in [0, 0.05) is 30.7 Å². The van der Waals surface area contributed by atoms with E-state index in [2.05, 4.69) is 47.0 Å². The van der Waals surface area contributed by atoms with E-state index in [1.54, 1.807) is 0 Å². The predicted molar refractivity (Wildman–Crippen MR) is 170 cm³/mol. The summed E-state index contributed by atoms with van der Waals surface area (Å²) >= 11 is 3.95. The number of nitrogen functional groups attached to an aromatic ring is 1. The molecule has 1 fully saturated rings. The third kappa shape index (κ3) is 12.3. The van der Waals surface area contributed by atoms with Crippen LogP contribution in [-0.4, -0.2) is 118 Å². The first kappa shape index (κ1) is 43.1. The van der Waals surface area contributed by atoms with Crippen LogP contribution in [0.2, 0.25) is 0 Å². The number of imidazole rings is 1. The molecule has 3 heterocycles. The van der Waals surface area contributed by atoms with Crippen LogP contribution in [0.4, 0.5) is 5.82 Å². The fourth-order valence-corrected chi connectivity index (χ4v) is 7.08. The molecule has 27 heteroatoms. The van der Waals surface area contributed by atoms with Crippen molar-refractivity contribution in [2.75, 3.05) is 37.8 Å². The number of aromatic nitrogens is 4. The minimum atomic E-state index is -5.54. The molecule has 7 atom stereocenters. The predicted octanol–water partition coefficient (Wildman–Crippen LogP) is -1.03. The van der Waals surface area contributed by atoms with Gasteiger partial charge >= 0.3 is 23.5 Å².